The Bertz CT molecular complexity index is 9410. The van der Waals surface area contributed by atoms with Crippen LogP contribution in [0.4, 0.5) is 68.2 Å². The third-order valence-electron chi connectivity index (χ3n) is 30.3. The minimum Gasteiger partial charge on any atom is -0.456 e. The lowest BCUT2D eigenvalue weighted by Crippen LogP contribution is -2.77. The zero-order chi connectivity index (χ0) is 97.7. The summed E-state index contributed by atoms with van der Waals surface area (Å²) in [7, 11) is -6.57. The quantitative estimate of drug-likeness (QED) is 0.0836. The summed E-state index contributed by atoms with van der Waals surface area (Å²) in [4.78, 5) is 9.77. The van der Waals surface area contributed by atoms with Gasteiger partial charge in [0.05, 0.1) is 0 Å². The van der Waals surface area contributed by atoms with E-state index in [1.165, 1.54) is 91.6 Å². The molecule has 696 valence electrons. The lowest BCUT2D eigenvalue weighted by Gasteiger charge is -2.45. The lowest BCUT2D eigenvalue weighted by molar-refractivity contribution is 0.668. The Kier molecular flexibility index (Phi) is 21.2. The van der Waals surface area contributed by atoms with Gasteiger partial charge in [0.1, 0.15) is 44.7 Å². The van der Waals surface area contributed by atoms with Gasteiger partial charge < -0.3 is 37.3 Å². The molecular weight excluding hydrogens is 1830 g/mol. The number of hydrogen-bond donors (Lipinski definition) is 0. The van der Waals surface area contributed by atoms with Crippen molar-refractivity contribution in [2.45, 2.75) is 0 Å². The average molecular weight is 1930 g/mol. The SMILES string of the molecule is c1ccc(-c2ccc(-c3ccc(N(c4ccc(-c5ccccc5)cc4)c4ccc5c(c4)N(c4ccccc4)c4ccccc4[Si]5(c4ccc5c(c4)oc4ccccc45)c4ccc5c(c4)oc4ccccc45)cc3)cc2)cc1.c1ccc(-c2ccc(N(c3ccc(-c4ccccc4)cc3)c3ccc4c(c3)N(c3ccccc3)c3ccccc3[Si]4(c3ccc4c(c3)oc3ccccc34)c3ccc4c(c3)oc3ccccc34)cc2)cc1. The minimum atomic E-state index is -3.30. The van der Waals surface area contributed by atoms with Crippen molar-refractivity contribution in [1.82, 2.24) is 0 Å². The van der Waals surface area contributed by atoms with Crippen LogP contribution in [0, 0.1) is 0 Å². The van der Waals surface area contributed by atoms with Crippen LogP contribution in [0.3, 0.4) is 0 Å². The molecule has 8 nitrogen and oxygen atoms in total. The maximum atomic E-state index is 6.77. The smallest absolute Gasteiger partial charge is 0.184 e. The van der Waals surface area contributed by atoms with Gasteiger partial charge in [0, 0.05) is 111 Å². The van der Waals surface area contributed by atoms with Crippen molar-refractivity contribution >= 4 is 214 Å². The molecule has 27 aromatic rings. The summed E-state index contributed by atoms with van der Waals surface area (Å²) in [6.07, 6.45) is 0. The standard InChI is InChI=1S/C72H48N2O2Si.C66H44N2O2Si/c1-4-16-49(17-5-1)51-28-30-52(31-29-51)54-34-38-57(39-35-54)73(56-36-32-53(33-37-56)50-18-6-2-7-19-50)58-40-45-72-66(46-58)74(55-20-8-3-9-21-55)65-24-12-15-27-71(65)77(72,59-41-43-63-61-22-10-13-25-67(61)75-69(63)47-59)60-42-44-64-62-23-11-14-26-68(62)76-70(64)48-60;1-4-16-45(17-5-1)47-28-32-50(33-29-47)67(51-34-30-48(31-35-51)46-18-6-2-7-19-46)52-36-41-66-60(42-52)68(49-20-8-3-9-21-49)59-24-12-15-27-65(59)71(66,53-37-39-57-55-22-10-13-25-61(55)69-63(57)43-53)54-38-40-58-56-23-11-14-26-62(56)70-64(58)44-54/h1-48H;1-44H. The van der Waals surface area contributed by atoms with Gasteiger partial charge in [-0.2, -0.15) is 0 Å². The number of benzene rings is 23. The van der Waals surface area contributed by atoms with Crippen molar-refractivity contribution in [3.05, 3.63) is 558 Å². The summed E-state index contributed by atoms with van der Waals surface area (Å²) in [6.45, 7) is 0. The van der Waals surface area contributed by atoms with E-state index in [1.54, 1.807) is 0 Å². The fourth-order valence-electron chi connectivity index (χ4n) is 23.5. The Labute approximate surface area is 858 Å². The summed E-state index contributed by atoms with van der Waals surface area (Å²) < 4.78 is 27.0. The number of anilines is 12. The monoisotopic (exact) mass is 1920 g/mol. The van der Waals surface area contributed by atoms with E-state index in [0.29, 0.717) is 0 Å². The van der Waals surface area contributed by atoms with Gasteiger partial charge in [0.15, 0.2) is 16.1 Å². The fourth-order valence-corrected chi connectivity index (χ4v) is 33.6. The molecule has 0 fully saturated rings. The van der Waals surface area contributed by atoms with Crippen molar-refractivity contribution in [3.8, 4) is 55.6 Å². The molecule has 0 saturated carbocycles. The third kappa shape index (κ3) is 14.6. The number of para-hydroxylation sites is 8. The minimum absolute atomic E-state index is 0.877. The van der Waals surface area contributed by atoms with Crippen molar-refractivity contribution in [1.29, 1.82) is 0 Å². The van der Waals surface area contributed by atoms with Crippen LogP contribution in [-0.2, 0) is 0 Å². The normalized spacial score (nSPS) is 12.8. The average Bonchev–Trinajstić information content (AvgIpc) is 0.761. The first-order valence-electron chi connectivity index (χ1n) is 50.5. The summed E-state index contributed by atoms with van der Waals surface area (Å²) in [5.74, 6) is 0. The summed E-state index contributed by atoms with van der Waals surface area (Å²) in [5, 5.41) is 18.9. The molecule has 0 unspecified atom stereocenters. The zero-order valence-electron chi connectivity index (χ0n) is 80.5. The second-order valence-corrected chi connectivity index (χ2v) is 45.9. The van der Waals surface area contributed by atoms with Crippen LogP contribution in [0.5, 0.6) is 0 Å². The first-order valence-corrected chi connectivity index (χ1v) is 54.5. The molecule has 0 aliphatic carbocycles. The predicted molar refractivity (Wildman–Crippen MR) is 622 cm³/mol. The van der Waals surface area contributed by atoms with Crippen molar-refractivity contribution in [2.75, 3.05) is 19.6 Å². The van der Waals surface area contributed by atoms with Crippen molar-refractivity contribution in [2.24, 2.45) is 0 Å². The van der Waals surface area contributed by atoms with E-state index in [4.69, 9.17) is 17.7 Å². The molecular formula is C138H92N4O4Si2. The molecule has 10 heteroatoms. The molecule has 0 radical (unpaired) electrons. The lowest BCUT2D eigenvalue weighted by atomic mass is 10.00. The van der Waals surface area contributed by atoms with Crippen LogP contribution in [0.15, 0.2) is 576 Å². The Morgan fingerprint density at radius 3 is 0.615 bits per heavy atom. The first kappa shape index (κ1) is 86.8. The predicted octanol–water partition coefficient (Wildman–Crippen LogP) is 32.6. The van der Waals surface area contributed by atoms with Gasteiger partial charge in [-0.1, -0.05) is 400 Å². The molecule has 0 atom stereocenters. The van der Waals surface area contributed by atoms with E-state index in [0.717, 1.165) is 162 Å². The Morgan fingerprint density at radius 2 is 0.345 bits per heavy atom. The fraction of sp³-hybridized carbons (Fsp3) is 0. The van der Waals surface area contributed by atoms with Gasteiger partial charge >= 0.3 is 0 Å². The van der Waals surface area contributed by atoms with Gasteiger partial charge in [0.25, 0.3) is 0 Å². The van der Waals surface area contributed by atoms with E-state index in [2.05, 4.69) is 553 Å². The van der Waals surface area contributed by atoms with Crippen LogP contribution in [0.2, 0.25) is 0 Å². The maximum Gasteiger partial charge on any atom is 0.184 e. The number of rotatable bonds is 17. The van der Waals surface area contributed by atoms with E-state index < -0.39 is 16.1 Å². The van der Waals surface area contributed by atoms with Gasteiger partial charge in [-0.05, 0) is 255 Å². The number of fused-ring (bicyclic) bond motifs is 16. The highest BCUT2D eigenvalue weighted by Gasteiger charge is 2.52. The second-order valence-electron chi connectivity index (χ2n) is 38.4. The molecule has 2 aliphatic heterocycles. The molecule has 0 spiro atoms. The van der Waals surface area contributed by atoms with Crippen LogP contribution < -0.4 is 61.1 Å². The molecule has 0 saturated heterocycles. The molecule has 0 N–H and O–H groups in total. The summed E-state index contributed by atoms with van der Waals surface area (Å²) >= 11 is 0. The van der Waals surface area contributed by atoms with Crippen LogP contribution in [-0.4, -0.2) is 16.1 Å². The summed E-state index contributed by atoms with van der Waals surface area (Å²) in [5.41, 5.74) is 31.9. The number of furan rings is 4. The van der Waals surface area contributed by atoms with Gasteiger partial charge in [-0.25, -0.2) is 0 Å². The highest BCUT2D eigenvalue weighted by Crippen LogP contribution is 2.49. The highest BCUT2D eigenvalue weighted by atomic mass is 28.3. The number of hydrogen-bond acceptors (Lipinski definition) is 8. The molecule has 6 heterocycles. The molecule has 4 aromatic heterocycles. The van der Waals surface area contributed by atoms with E-state index in [9.17, 15) is 0 Å². The molecule has 148 heavy (non-hydrogen) atoms. The zero-order valence-corrected chi connectivity index (χ0v) is 82.5. The van der Waals surface area contributed by atoms with Crippen LogP contribution in [0.1, 0.15) is 0 Å². The van der Waals surface area contributed by atoms with Crippen LogP contribution >= 0.6 is 0 Å². The molecule has 2 aliphatic rings. The third-order valence-corrected chi connectivity index (χ3v) is 39.9. The second kappa shape index (κ2) is 36.1. The van der Waals surface area contributed by atoms with E-state index >= 15 is 0 Å². The largest absolute Gasteiger partial charge is 0.456 e. The van der Waals surface area contributed by atoms with E-state index in [-0.39, 0.29) is 0 Å². The molecule has 23 aromatic carbocycles. The first-order chi connectivity index (χ1) is 73.3. The van der Waals surface area contributed by atoms with Gasteiger partial charge in [0.2, 0.25) is 0 Å². The van der Waals surface area contributed by atoms with Gasteiger partial charge in [-0.15, -0.1) is 0 Å². The topological polar surface area (TPSA) is 65.5 Å². The Hall–Kier alpha value is -19.1. The maximum absolute atomic E-state index is 6.77. The molecule has 0 amide bonds. The highest BCUT2D eigenvalue weighted by molar-refractivity contribution is 7.22. The molecule has 29 rings (SSSR count). The van der Waals surface area contributed by atoms with Gasteiger partial charge in [-0.3, -0.25) is 0 Å². The number of nitrogens with zero attached hydrogens (tertiary/aromatic N) is 4. The van der Waals surface area contributed by atoms with E-state index in [1.807, 2.05) is 24.3 Å². The molecule has 0 bridgehead atoms. The van der Waals surface area contributed by atoms with Crippen LogP contribution in [0.25, 0.3) is 143 Å². The summed E-state index contributed by atoms with van der Waals surface area (Å²) in [6, 6.07) is 203. The van der Waals surface area contributed by atoms with Crippen molar-refractivity contribution in [3.63, 3.8) is 0 Å². The Morgan fingerprint density at radius 1 is 0.142 bits per heavy atom. The Balaban J connectivity index is 0.000000143. The van der Waals surface area contributed by atoms with Crippen molar-refractivity contribution < 1.29 is 17.7 Å².